The number of hydrogen-bond acceptors (Lipinski definition) is 4. The highest BCUT2D eigenvalue weighted by molar-refractivity contribution is 5.85. The number of carboxylic acid groups (broad SMARTS) is 1. The Morgan fingerprint density at radius 2 is 2.22 bits per heavy atom. The van der Waals surface area contributed by atoms with Crippen molar-refractivity contribution in [1.29, 1.82) is 0 Å². The molecule has 0 radical (unpaired) electrons. The summed E-state index contributed by atoms with van der Waals surface area (Å²) in [4.78, 5) is 10.6. The number of halogens is 1. The van der Waals surface area contributed by atoms with Crippen molar-refractivity contribution >= 4 is 18.4 Å². The molecule has 0 atom stereocenters. The quantitative estimate of drug-likeness (QED) is 0.923. The van der Waals surface area contributed by atoms with E-state index < -0.39 is 5.97 Å². The van der Waals surface area contributed by atoms with E-state index in [4.69, 9.17) is 14.4 Å². The summed E-state index contributed by atoms with van der Waals surface area (Å²) in [5, 5.41) is 12.2. The minimum absolute atomic E-state index is 0. The van der Waals surface area contributed by atoms with E-state index in [0.717, 1.165) is 11.3 Å². The molecule has 0 spiro atoms. The SMILES string of the molecule is COc1cccc(Cc2cc(C(=O)O)no2)c1.Cl. The molecule has 5 nitrogen and oxygen atoms in total. The maximum Gasteiger partial charge on any atom is 0.358 e. The monoisotopic (exact) mass is 269 g/mol. The third kappa shape index (κ3) is 3.24. The van der Waals surface area contributed by atoms with Crippen LogP contribution in [-0.2, 0) is 6.42 Å². The Kier molecular flexibility index (Phi) is 4.74. The first kappa shape index (κ1) is 14.1. The molecular formula is C12H12ClNO4. The third-order valence-electron chi connectivity index (χ3n) is 2.29. The molecule has 2 rings (SSSR count). The lowest BCUT2D eigenvalue weighted by Crippen LogP contribution is -1.94. The average molecular weight is 270 g/mol. The van der Waals surface area contributed by atoms with E-state index >= 15 is 0 Å². The number of hydrogen-bond donors (Lipinski definition) is 1. The molecule has 0 aliphatic heterocycles. The average Bonchev–Trinajstić information content (AvgIpc) is 2.78. The van der Waals surface area contributed by atoms with Crippen molar-refractivity contribution in [2.45, 2.75) is 6.42 Å². The van der Waals surface area contributed by atoms with Crippen LogP contribution in [-0.4, -0.2) is 23.3 Å². The first-order valence-corrected chi connectivity index (χ1v) is 5.01. The Morgan fingerprint density at radius 3 is 2.83 bits per heavy atom. The molecule has 0 aliphatic carbocycles. The maximum atomic E-state index is 10.6. The number of carbonyl (C=O) groups is 1. The number of carboxylic acids is 1. The van der Waals surface area contributed by atoms with Crippen LogP contribution in [0.2, 0.25) is 0 Å². The predicted molar refractivity (Wildman–Crippen MR) is 66.5 cm³/mol. The zero-order valence-corrected chi connectivity index (χ0v) is 10.4. The lowest BCUT2D eigenvalue weighted by molar-refractivity contribution is 0.0685. The van der Waals surface area contributed by atoms with Gasteiger partial charge in [0.25, 0.3) is 0 Å². The lowest BCUT2D eigenvalue weighted by atomic mass is 10.1. The van der Waals surface area contributed by atoms with Gasteiger partial charge in [0.15, 0.2) is 5.69 Å². The highest BCUT2D eigenvalue weighted by Gasteiger charge is 2.11. The Morgan fingerprint density at radius 1 is 1.44 bits per heavy atom. The second-order valence-electron chi connectivity index (χ2n) is 3.51. The Hall–Kier alpha value is -2.01. The van der Waals surface area contributed by atoms with E-state index in [1.54, 1.807) is 7.11 Å². The van der Waals surface area contributed by atoms with Crippen LogP contribution in [0.5, 0.6) is 5.75 Å². The molecule has 0 unspecified atom stereocenters. The predicted octanol–water partition coefficient (Wildman–Crippen LogP) is 2.39. The van der Waals surface area contributed by atoms with Crippen LogP contribution in [0.3, 0.4) is 0 Å². The molecule has 0 fully saturated rings. The first-order chi connectivity index (χ1) is 8.19. The highest BCUT2D eigenvalue weighted by atomic mass is 35.5. The molecule has 1 aromatic heterocycles. The van der Waals surface area contributed by atoms with E-state index in [2.05, 4.69) is 5.16 Å². The molecule has 96 valence electrons. The van der Waals surface area contributed by atoms with Gasteiger partial charge in [0.05, 0.1) is 7.11 Å². The number of ether oxygens (including phenoxy) is 1. The van der Waals surface area contributed by atoms with Crippen LogP contribution in [0.15, 0.2) is 34.9 Å². The van der Waals surface area contributed by atoms with Crippen molar-refractivity contribution in [1.82, 2.24) is 5.16 Å². The van der Waals surface area contributed by atoms with Crippen LogP contribution in [0.4, 0.5) is 0 Å². The van der Waals surface area contributed by atoms with Crippen molar-refractivity contribution in [3.05, 3.63) is 47.3 Å². The number of aromatic carboxylic acids is 1. The Labute approximate surface area is 110 Å². The zero-order valence-electron chi connectivity index (χ0n) is 9.62. The zero-order chi connectivity index (χ0) is 12.3. The third-order valence-corrected chi connectivity index (χ3v) is 2.29. The van der Waals surface area contributed by atoms with Gasteiger partial charge in [-0.05, 0) is 17.7 Å². The molecule has 1 aromatic carbocycles. The van der Waals surface area contributed by atoms with Crippen LogP contribution < -0.4 is 4.74 Å². The van der Waals surface area contributed by atoms with Gasteiger partial charge in [-0.25, -0.2) is 4.79 Å². The molecule has 0 bridgehead atoms. The van der Waals surface area contributed by atoms with Crippen LogP contribution >= 0.6 is 12.4 Å². The second kappa shape index (κ2) is 6.07. The lowest BCUT2D eigenvalue weighted by Gasteiger charge is -2.01. The van der Waals surface area contributed by atoms with E-state index in [0.29, 0.717) is 12.2 Å². The van der Waals surface area contributed by atoms with Gasteiger partial charge in [0.1, 0.15) is 11.5 Å². The van der Waals surface area contributed by atoms with Crippen LogP contribution in [0.1, 0.15) is 21.8 Å². The molecule has 1 heterocycles. The fourth-order valence-corrected chi connectivity index (χ4v) is 1.48. The van der Waals surface area contributed by atoms with Gasteiger partial charge in [-0.1, -0.05) is 17.3 Å². The fraction of sp³-hybridized carbons (Fsp3) is 0.167. The van der Waals surface area contributed by atoms with Crippen molar-refractivity contribution < 1.29 is 19.2 Å². The van der Waals surface area contributed by atoms with E-state index in [9.17, 15) is 4.79 Å². The molecule has 18 heavy (non-hydrogen) atoms. The Bertz CT molecular complexity index is 538. The number of aromatic nitrogens is 1. The number of benzene rings is 1. The van der Waals surface area contributed by atoms with Crippen LogP contribution in [0.25, 0.3) is 0 Å². The van der Waals surface area contributed by atoms with Gasteiger partial charge in [0.2, 0.25) is 0 Å². The molecule has 1 N–H and O–H groups in total. The minimum Gasteiger partial charge on any atom is -0.497 e. The van der Waals surface area contributed by atoms with Crippen molar-refractivity contribution in [2.24, 2.45) is 0 Å². The van der Waals surface area contributed by atoms with Gasteiger partial charge < -0.3 is 14.4 Å². The number of nitrogens with zero attached hydrogens (tertiary/aromatic N) is 1. The van der Waals surface area contributed by atoms with Gasteiger partial charge >= 0.3 is 5.97 Å². The topological polar surface area (TPSA) is 72.6 Å². The molecule has 2 aromatic rings. The smallest absolute Gasteiger partial charge is 0.358 e. The summed E-state index contributed by atoms with van der Waals surface area (Å²) in [7, 11) is 1.59. The van der Waals surface area contributed by atoms with Crippen molar-refractivity contribution in [3.63, 3.8) is 0 Å². The largest absolute Gasteiger partial charge is 0.497 e. The van der Waals surface area contributed by atoms with Gasteiger partial charge in [-0.2, -0.15) is 0 Å². The summed E-state index contributed by atoms with van der Waals surface area (Å²) in [5.74, 6) is 0.168. The fourth-order valence-electron chi connectivity index (χ4n) is 1.48. The van der Waals surface area contributed by atoms with E-state index in [1.807, 2.05) is 24.3 Å². The normalized spacial score (nSPS) is 9.61. The molecule has 0 amide bonds. The summed E-state index contributed by atoms with van der Waals surface area (Å²) >= 11 is 0. The number of rotatable bonds is 4. The van der Waals surface area contributed by atoms with Crippen molar-refractivity contribution in [3.8, 4) is 5.75 Å². The molecule has 0 saturated carbocycles. The van der Waals surface area contributed by atoms with Gasteiger partial charge in [-0.3, -0.25) is 0 Å². The first-order valence-electron chi connectivity index (χ1n) is 5.01. The molecular weight excluding hydrogens is 258 g/mol. The van der Waals surface area contributed by atoms with Gasteiger partial charge in [0, 0.05) is 12.5 Å². The second-order valence-corrected chi connectivity index (χ2v) is 3.51. The van der Waals surface area contributed by atoms with E-state index in [1.165, 1.54) is 6.07 Å². The van der Waals surface area contributed by atoms with Crippen LogP contribution in [0, 0.1) is 0 Å². The summed E-state index contributed by atoms with van der Waals surface area (Å²) in [5.41, 5.74) is 0.889. The van der Waals surface area contributed by atoms with Crippen molar-refractivity contribution in [2.75, 3.05) is 7.11 Å². The summed E-state index contributed by atoms with van der Waals surface area (Å²) < 4.78 is 10.0. The van der Waals surface area contributed by atoms with E-state index in [-0.39, 0.29) is 18.1 Å². The summed E-state index contributed by atoms with van der Waals surface area (Å²) in [6.45, 7) is 0. The number of methoxy groups -OCH3 is 1. The molecule has 0 saturated heterocycles. The Balaban J connectivity index is 0.00000162. The highest BCUT2D eigenvalue weighted by Crippen LogP contribution is 2.16. The molecule has 6 heteroatoms. The standard InChI is InChI=1S/C12H11NO4.ClH/c1-16-9-4-2-3-8(5-9)6-10-7-11(12(14)15)13-17-10;/h2-5,7H,6H2,1H3,(H,14,15);1H. The summed E-state index contributed by atoms with van der Waals surface area (Å²) in [6.07, 6.45) is 0.484. The molecule has 0 aliphatic rings. The summed E-state index contributed by atoms with van der Waals surface area (Å²) in [6, 6.07) is 8.89. The van der Waals surface area contributed by atoms with Gasteiger partial charge in [-0.15, -0.1) is 12.4 Å². The minimum atomic E-state index is -1.09. The maximum absolute atomic E-state index is 10.6.